The number of aliphatic hydroxyl groups is 2. The maximum absolute atomic E-state index is 11.2. The van der Waals surface area contributed by atoms with E-state index in [2.05, 4.69) is 4.98 Å². The summed E-state index contributed by atoms with van der Waals surface area (Å²) in [6.07, 6.45) is -1.10. The van der Waals surface area contributed by atoms with Crippen molar-refractivity contribution in [1.29, 1.82) is 0 Å². The van der Waals surface area contributed by atoms with Gasteiger partial charge in [0.25, 0.3) is 0 Å². The third kappa shape index (κ3) is 3.80. The maximum atomic E-state index is 11.2. The Bertz CT molecular complexity index is 381. The van der Waals surface area contributed by atoms with Crippen LogP contribution in [0.2, 0.25) is 0 Å². The molecular weight excluding hydrogens is 222 g/mol. The third-order valence-corrected chi connectivity index (χ3v) is 2.38. The second-order valence-electron chi connectivity index (χ2n) is 3.73. The molecule has 0 amide bonds. The van der Waals surface area contributed by atoms with Gasteiger partial charge in [0.2, 0.25) is 0 Å². The Hall–Kier alpha value is -1.46. The van der Waals surface area contributed by atoms with Crippen LogP contribution >= 0.6 is 0 Å². The summed E-state index contributed by atoms with van der Waals surface area (Å²) in [5, 5.41) is 19.6. The van der Waals surface area contributed by atoms with Crippen LogP contribution < -0.4 is 0 Å². The normalized spacial score (nSPS) is 14.1. The quantitative estimate of drug-likeness (QED) is 0.741. The second-order valence-corrected chi connectivity index (χ2v) is 3.73. The van der Waals surface area contributed by atoms with Crippen molar-refractivity contribution >= 4 is 5.97 Å². The number of aliphatic hydroxyl groups excluding tert-OH is 2. The fraction of sp³-hybridized carbons (Fsp3) is 0.500. The number of nitrogens with zero attached hydrogens (tertiary/aromatic N) is 1. The lowest BCUT2D eigenvalue weighted by atomic mass is 10.0. The van der Waals surface area contributed by atoms with E-state index < -0.39 is 18.2 Å². The lowest BCUT2D eigenvalue weighted by Gasteiger charge is -2.17. The maximum Gasteiger partial charge on any atom is 0.308 e. The van der Waals surface area contributed by atoms with Crippen molar-refractivity contribution in [3.8, 4) is 0 Å². The average molecular weight is 239 g/mol. The Labute approximate surface area is 100 Å². The van der Waals surface area contributed by atoms with Crippen LogP contribution in [0.1, 0.15) is 30.7 Å². The standard InChI is InChI=1S/C12H17NO4/c1-3-17-10(15)7-9(14)12(16)11-8(2)5-4-6-13-11/h4-6,9,12,14,16H,3,7H2,1-2H3. The molecule has 0 spiro atoms. The molecule has 5 heteroatoms. The molecule has 0 aliphatic rings. The molecule has 2 unspecified atom stereocenters. The van der Waals surface area contributed by atoms with Crippen LogP contribution in [0.25, 0.3) is 0 Å². The van der Waals surface area contributed by atoms with E-state index in [0.29, 0.717) is 5.69 Å². The van der Waals surface area contributed by atoms with Crippen molar-refractivity contribution in [1.82, 2.24) is 4.98 Å². The summed E-state index contributed by atoms with van der Waals surface area (Å²) < 4.78 is 4.70. The first-order valence-corrected chi connectivity index (χ1v) is 5.49. The predicted octanol–water partition coefficient (Wildman–Crippen LogP) is 0.738. The van der Waals surface area contributed by atoms with Crippen molar-refractivity contribution < 1.29 is 19.7 Å². The number of carbonyl (C=O) groups excluding carboxylic acids is 1. The minimum Gasteiger partial charge on any atom is -0.466 e. The van der Waals surface area contributed by atoms with Gasteiger partial charge in [0.1, 0.15) is 6.10 Å². The van der Waals surface area contributed by atoms with Crippen LogP contribution in [-0.2, 0) is 9.53 Å². The van der Waals surface area contributed by atoms with Gasteiger partial charge in [-0.3, -0.25) is 9.78 Å². The summed E-state index contributed by atoms with van der Waals surface area (Å²) in [6.45, 7) is 3.72. The lowest BCUT2D eigenvalue weighted by molar-refractivity contribution is -0.147. The largest absolute Gasteiger partial charge is 0.466 e. The van der Waals surface area contributed by atoms with Crippen LogP contribution in [0, 0.1) is 6.92 Å². The highest BCUT2D eigenvalue weighted by molar-refractivity contribution is 5.70. The number of hydrogen-bond acceptors (Lipinski definition) is 5. The van der Waals surface area contributed by atoms with Crippen molar-refractivity contribution in [3.63, 3.8) is 0 Å². The molecule has 0 aliphatic carbocycles. The number of aryl methyl sites for hydroxylation is 1. The topological polar surface area (TPSA) is 79.7 Å². The first-order chi connectivity index (χ1) is 8.06. The van der Waals surface area contributed by atoms with Crippen LogP contribution in [0.5, 0.6) is 0 Å². The molecule has 0 aliphatic heterocycles. The van der Waals surface area contributed by atoms with E-state index in [9.17, 15) is 15.0 Å². The van der Waals surface area contributed by atoms with E-state index in [1.54, 1.807) is 26.0 Å². The van der Waals surface area contributed by atoms with Crippen molar-refractivity contribution in [3.05, 3.63) is 29.6 Å². The van der Waals surface area contributed by atoms with Crippen LogP contribution in [0.15, 0.2) is 18.3 Å². The summed E-state index contributed by atoms with van der Waals surface area (Å²) in [5.41, 5.74) is 1.15. The van der Waals surface area contributed by atoms with Crippen LogP contribution in [0.3, 0.4) is 0 Å². The number of esters is 1. The van der Waals surface area contributed by atoms with Gasteiger partial charge in [0.05, 0.1) is 24.8 Å². The van der Waals surface area contributed by atoms with Crippen molar-refractivity contribution in [2.24, 2.45) is 0 Å². The highest BCUT2D eigenvalue weighted by Crippen LogP contribution is 2.20. The van der Waals surface area contributed by atoms with Gasteiger partial charge in [-0.25, -0.2) is 0 Å². The van der Waals surface area contributed by atoms with Gasteiger partial charge in [-0.1, -0.05) is 6.07 Å². The summed E-state index contributed by atoms with van der Waals surface area (Å²) >= 11 is 0. The fourth-order valence-electron chi connectivity index (χ4n) is 1.49. The molecule has 2 N–H and O–H groups in total. The van der Waals surface area contributed by atoms with Gasteiger partial charge in [-0.05, 0) is 25.5 Å². The van der Waals surface area contributed by atoms with Gasteiger partial charge >= 0.3 is 5.97 Å². The number of hydrogen-bond donors (Lipinski definition) is 2. The Kier molecular flexibility index (Phi) is 5.06. The monoisotopic (exact) mass is 239 g/mol. The summed E-state index contributed by atoms with van der Waals surface area (Å²) in [7, 11) is 0. The molecule has 0 aromatic carbocycles. The number of aromatic nitrogens is 1. The Morgan fingerprint density at radius 1 is 1.53 bits per heavy atom. The SMILES string of the molecule is CCOC(=O)CC(O)C(O)c1ncccc1C. The molecule has 94 valence electrons. The number of pyridine rings is 1. The van der Waals surface area contributed by atoms with Crippen molar-refractivity contribution in [2.75, 3.05) is 6.61 Å². The second kappa shape index (κ2) is 6.32. The molecule has 2 atom stereocenters. The van der Waals surface area contributed by atoms with E-state index in [-0.39, 0.29) is 13.0 Å². The summed E-state index contributed by atoms with van der Waals surface area (Å²) in [4.78, 5) is 15.2. The molecule has 0 fully saturated rings. The molecule has 0 saturated heterocycles. The molecule has 1 aromatic heterocycles. The average Bonchev–Trinajstić information content (AvgIpc) is 2.29. The molecule has 17 heavy (non-hydrogen) atoms. The molecule has 0 bridgehead atoms. The lowest BCUT2D eigenvalue weighted by Crippen LogP contribution is -2.24. The Morgan fingerprint density at radius 3 is 2.82 bits per heavy atom. The van der Waals surface area contributed by atoms with E-state index in [1.807, 2.05) is 0 Å². The van der Waals surface area contributed by atoms with E-state index in [1.165, 1.54) is 6.20 Å². The molecular formula is C12H17NO4. The first-order valence-electron chi connectivity index (χ1n) is 5.49. The zero-order valence-electron chi connectivity index (χ0n) is 9.96. The molecule has 0 saturated carbocycles. The highest BCUT2D eigenvalue weighted by atomic mass is 16.5. The van der Waals surface area contributed by atoms with E-state index in [4.69, 9.17) is 4.74 Å². The van der Waals surface area contributed by atoms with Gasteiger partial charge in [-0.2, -0.15) is 0 Å². The zero-order chi connectivity index (χ0) is 12.8. The fourth-order valence-corrected chi connectivity index (χ4v) is 1.49. The summed E-state index contributed by atoms with van der Waals surface area (Å²) in [6, 6.07) is 3.52. The number of carbonyl (C=O) groups is 1. The summed E-state index contributed by atoms with van der Waals surface area (Å²) in [5.74, 6) is -0.535. The predicted molar refractivity (Wildman–Crippen MR) is 61.2 cm³/mol. The zero-order valence-corrected chi connectivity index (χ0v) is 9.96. The third-order valence-electron chi connectivity index (χ3n) is 2.38. The van der Waals surface area contributed by atoms with Crippen LogP contribution in [0.4, 0.5) is 0 Å². The molecule has 1 heterocycles. The van der Waals surface area contributed by atoms with Gasteiger partial charge in [0.15, 0.2) is 0 Å². The number of rotatable bonds is 5. The highest BCUT2D eigenvalue weighted by Gasteiger charge is 2.24. The Morgan fingerprint density at radius 2 is 2.24 bits per heavy atom. The van der Waals surface area contributed by atoms with Gasteiger partial charge in [0, 0.05) is 6.20 Å². The van der Waals surface area contributed by atoms with Crippen LogP contribution in [-0.4, -0.2) is 33.9 Å². The minimum atomic E-state index is -1.21. The molecule has 1 rings (SSSR count). The molecule has 0 radical (unpaired) electrons. The Balaban J connectivity index is 2.67. The smallest absolute Gasteiger partial charge is 0.308 e. The molecule has 1 aromatic rings. The minimum absolute atomic E-state index is 0.245. The van der Waals surface area contributed by atoms with Crippen molar-refractivity contribution in [2.45, 2.75) is 32.5 Å². The van der Waals surface area contributed by atoms with Gasteiger partial charge < -0.3 is 14.9 Å². The molecule has 5 nitrogen and oxygen atoms in total. The van der Waals surface area contributed by atoms with Gasteiger partial charge in [-0.15, -0.1) is 0 Å². The first kappa shape index (κ1) is 13.6. The number of ether oxygens (including phenoxy) is 1. The van der Waals surface area contributed by atoms with E-state index >= 15 is 0 Å². The van der Waals surface area contributed by atoms with E-state index in [0.717, 1.165) is 5.56 Å².